The molecule has 2 heterocycles. The van der Waals surface area contributed by atoms with Gasteiger partial charge in [0, 0.05) is 38.4 Å². The number of nitrogens with zero attached hydrogens (tertiary/aromatic N) is 4. The van der Waals surface area contributed by atoms with Crippen molar-refractivity contribution in [3.05, 3.63) is 39.2 Å². The summed E-state index contributed by atoms with van der Waals surface area (Å²) in [7, 11) is 0. The first kappa shape index (κ1) is 33.9. The first-order chi connectivity index (χ1) is 19.4. The van der Waals surface area contributed by atoms with Crippen LogP contribution in [0.4, 0.5) is 5.82 Å². The minimum atomic E-state index is -0.720. The first-order valence-electron chi connectivity index (χ1n) is 15.7. The molecule has 1 amide bonds. The Bertz CT molecular complexity index is 815. The number of pyridine rings is 1. The van der Waals surface area contributed by atoms with Gasteiger partial charge in [0.15, 0.2) is 0 Å². The molecule has 228 valence electrons. The van der Waals surface area contributed by atoms with E-state index in [1.54, 1.807) is 12.3 Å². The fourth-order valence-corrected chi connectivity index (χ4v) is 5.27. The number of hydrogen-bond donors (Lipinski definition) is 1. The third-order valence-electron chi connectivity index (χ3n) is 7.88. The van der Waals surface area contributed by atoms with Crippen molar-refractivity contribution in [1.82, 2.24) is 9.88 Å². The van der Waals surface area contributed by atoms with Crippen molar-refractivity contribution in [2.75, 3.05) is 44.2 Å². The number of hydrogen-bond acceptors (Lipinski definition) is 8. The molecule has 0 radical (unpaired) electrons. The lowest BCUT2D eigenvalue weighted by atomic mass is 10.0. The quantitative estimate of drug-likeness (QED) is 0.116. The van der Waals surface area contributed by atoms with Crippen molar-refractivity contribution in [3.63, 3.8) is 0 Å². The van der Waals surface area contributed by atoms with Crippen LogP contribution in [0, 0.1) is 15.3 Å². The number of unbranched alkanes of at least 4 members (excludes halogenated alkanes) is 14. The Hall–Kier alpha value is -2.30. The maximum Gasteiger partial charge on any atom is 0.345 e. The summed E-state index contributed by atoms with van der Waals surface area (Å²) in [6.07, 6.45) is 18.6. The van der Waals surface area contributed by atoms with Gasteiger partial charge in [-0.3, -0.25) is 4.90 Å². The van der Waals surface area contributed by atoms with Gasteiger partial charge < -0.3 is 20.0 Å². The van der Waals surface area contributed by atoms with E-state index >= 15 is 0 Å². The molecule has 1 aliphatic heterocycles. The lowest BCUT2D eigenvalue weighted by Crippen LogP contribution is -3.10. The Kier molecular flexibility index (Phi) is 17.4. The maximum absolute atomic E-state index is 12.5. The lowest BCUT2D eigenvalue weighted by molar-refractivity contribution is -0.757. The predicted octanol–water partition coefficient (Wildman–Crippen LogP) is 5.19. The van der Waals surface area contributed by atoms with Crippen LogP contribution in [0.1, 0.15) is 121 Å². The van der Waals surface area contributed by atoms with Gasteiger partial charge in [0.05, 0.1) is 18.7 Å². The van der Waals surface area contributed by atoms with Crippen LogP contribution in [0.3, 0.4) is 0 Å². The summed E-state index contributed by atoms with van der Waals surface area (Å²) in [6.45, 7) is 8.84. The molecule has 0 aliphatic carbocycles. The third-order valence-corrected chi connectivity index (χ3v) is 7.88. The van der Waals surface area contributed by atoms with Gasteiger partial charge in [-0.1, -0.05) is 77.0 Å². The van der Waals surface area contributed by atoms with E-state index in [9.17, 15) is 20.1 Å². The molecule has 40 heavy (non-hydrogen) atoms. The number of quaternary nitrogens is 1. The zero-order valence-electron chi connectivity index (χ0n) is 25.0. The van der Waals surface area contributed by atoms with Crippen LogP contribution in [0.5, 0.6) is 0 Å². The van der Waals surface area contributed by atoms with Crippen LogP contribution in [0.2, 0.25) is 0 Å². The molecule has 10 nitrogen and oxygen atoms in total. The van der Waals surface area contributed by atoms with Crippen molar-refractivity contribution >= 4 is 11.7 Å². The molecule has 1 aromatic heterocycles. The second kappa shape index (κ2) is 20.6. The van der Waals surface area contributed by atoms with E-state index in [0.717, 1.165) is 70.5 Å². The first-order valence-corrected chi connectivity index (χ1v) is 15.7. The largest absolute Gasteiger partial charge is 0.626 e. The standard InChI is InChI=1S/C30H53N5O5/c1-27(2)32-21-23-33(24-22-32)29-19-18-28(26-31-29)30(36)34(37)20-16-14-12-10-8-6-4-3-5-7-9-11-13-15-17-25-40-35(38)39/h18-19,26-27,34H,3-17,20-25H2,1-2H3. The number of rotatable bonds is 22. The summed E-state index contributed by atoms with van der Waals surface area (Å²) in [5.41, 5.74) is 0.398. The Morgan fingerprint density at radius 3 is 1.82 bits per heavy atom. The summed E-state index contributed by atoms with van der Waals surface area (Å²) in [5, 5.41) is 21.4. The fraction of sp³-hybridized carbons (Fsp3) is 0.800. The third kappa shape index (κ3) is 14.4. The van der Waals surface area contributed by atoms with Crippen LogP contribution in [-0.4, -0.2) is 66.3 Å². The van der Waals surface area contributed by atoms with Crippen LogP contribution in [0.15, 0.2) is 18.3 Å². The molecule has 1 N–H and O–H groups in total. The Balaban J connectivity index is 1.41. The second-order valence-electron chi connectivity index (χ2n) is 11.4. The van der Waals surface area contributed by atoms with Crippen molar-refractivity contribution in [2.45, 2.75) is 116 Å². The van der Waals surface area contributed by atoms with E-state index < -0.39 is 11.0 Å². The van der Waals surface area contributed by atoms with Gasteiger partial charge in [-0.15, -0.1) is 10.1 Å². The van der Waals surface area contributed by atoms with E-state index in [-0.39, 0.29) is 11.7 Å². The van der Waals surface area contributed by atoms with Gasteiger partial charge in [0.1, 0.15) is 5.82 Å². The Morgan fingerprint density at radius 1 is 0.875 bits per heavy atom. The fourth-order valence-electron chi connectivity index (χ4n) is 5.27. The van der Waals surface area contributed by atoms with Gasteiger partial charge in [-0.2, -0.15) is 0 Å². The number of amides is 1. The molecular formula is C30H53N5O5. The molecule has 0 aromatic carbocycles. The highest BCUT2D eigenvalue weighted by molar-refractivity contribution is 5.87. The van der Waals surface area contributed by atoms with Gasteiger partial charge in [0.2, 0.25) is 0 Å². The van der Waals surface area contributed by atoms with Crippen molar-refractivity contribution in [3.8, 4) is 0 Å². The summed E-state index contributed by atoms with van der Waals surface area (Å²) in [4.78, 5) is 36.1. The molecule has 1 aliphatic rings. The zero-order chi connectivity index (χ0) is 29.0. The summed E-state index contributed by atoms with van der Waals surface area (Å²) in [5.74, 6) is 0.464. The number of carbonyl (C=O) groups excluding carboxylic acids is 1. The number of anilines is 1. The van der Waals surface area contributed by atoms with Gasteiger partial charge in [0.25, 0.3) is 5.09 Å². The monoisotopic (exact) mass is 563 g/mol. The van der Waals surface area contributed by atoms with Crippen LogP contribution in [-0.2, 0) is 4.84 Å². The molecule has 1 aromatic rings. The number of aromatic nitrogens is 1. The van der Waals surface area contributed by atoms with Gasteiger partial charge >= 0.3 is 5.91 Å². The van der Waals surface area contributed by atoms with Crippen LogP contribution in [0.25, 0.3) is 0 Å². The van der Waals surface area contributed by atoms with Crippen molar-refractivity contribution in [2.24, 2.45) is 0 Å². The maximum atomic E-state index is 12.5. The van der Waals surface area contributed by atoms with E-state index in [0.29, 0.717) is 18.2 Å². The van der Waals surface area contributed by atoms with Gasteiger partial charge in [-0.25, -0.2) is 9.78 Å². The molecule has 1 unspecified atom stereocenters. The molecule has 10 heteroatoms. The number of hydroxylamine groups is 2. The van der Waals surface area contributed by atoms with Gasteiger partial charge in [-0.05, 0) is 45.2 Å². The average Bonchev–Trinajstić information content (AvgIpc) is 2.96. The molecule has 0 bridgehead atoms. The topological polar surface area (TPSA) is 116 Å². The summed E-state index contributed by atoms with van der Waals surface area (Å²) in [6, 6.07) is 4.17. The van der Waals surface area contributed by atoms with E-state index in [4.69, 9.17) is 0 Å². The van der Waals surface area contributed by atoms with E-state index in [2.05, 4.69) is 33.5 Å². The van der Waals surface area contributed by atoms with E-state index in [1.165, 1.54) is 57.8 Å². The van der Waals surface area contributed by atoms with Crippen molar-refractivity contribution in [1.29, 1.82) is 0 Å². The molecule has 0 spiro atoms. The van der Waals surface area contributed by atoms with Crippen LogP contribution >= 0.6 is 0 Å². The second-order valence-corrected chi connectivity index (χ2v) is 11.4. The summed E-state index contributed by atoms with van der Waals surface area (Å²) < 4.78 is 0. The molecule has 1 atom stereocenters. The molecule has 0 saturated carbocycles. The Labute approximate surface area is 241 Å². The smallest absolute Gasteiger partial charge is 0.345 e. The zero-order valence-corrected chi connectivity index (χ0v) is 25.0. The Morgan fingerprint density at radius 2 is 1.38 bits per heavy atom. The van der Waals surface area contributed by atoms with Crippen molar-refractivity contribution < 1.29 is 19.8 Å². The minimum Gasteiger partial charge on any atom is -0.626 e. The SMILES string of the molecule is CC(C)N1CCN(c2ccc(C(=O)[NH+]([O-])CCCCCCCCCCCCCCCCCO[N+](=O)[O-])cn2)CC1. The lowest BCUT2D eigenvalue weighted by Gasteiger charge is -2.37. The number of carbonyl (C=O) groups is 1. The van der Waals surface area contributed by atoms with E-state index in [1.807, 2.05) is 6.07 Å². The minimum absolute atomic E-state index is 0.217. The highest BCUT2D eigenvalue weighted by atomic mass is 16.9. The highest BCUT2D eigenvalue weighted by Gasteiger charge is 2.21. The summed E-state index contributed by atoms with van der Waals surface area (Å²) >= 11 is 0. The molecule has 2 rings (SSSR count). The highest BCUT2D eigenvalue weighted by Crippen LogP contribution is 2.16. The number of nitrogens with one attached hydrogen (secondary N) is 1. The number of piperazine rings is 1. The molecular weight excluding hydrogens is 510 g/mol. The predicted molar refractivity (Wildman–Crippen MR) is 159 cm³/mol. The molecule has 1 saturated heterocycles. The molecule has 1 fully saturated rings. The normalized spacial score (nSPS) is 14.9. The average molecular weight is 564 g/mol. The van der Waals surface area contributed by atoms with Crippen LogP contribution < -0.4 is 9.96 Å².